The zero-order valence-corrected chi connectivity index (χ0v) is 14.6. The minimum absolute atomic E-state index is 0.0713. The lowest BCUT2D eigenvalue weighted by molar-refractivity contribution is -0.137. The Bertz CT molecular complexity index is 921. The van der Waals surface area contributed by atoms with E-state index in [1.54, 1.807) is 30.3 Å². The van der Waals surface area contributed by atoms with Crippen LogP contribution in [-0.2, 0) is 11.0 Å². The van der Waals surface area contributed by atoms with Crippen molar-refractivity contribution >= 4 is 52.3 Å². The van der Waals surface area contributed by atoms with Crippen LogP contribution in [0.5, 0.6) is 0 Å². The monoisotopic (exact) mass is 393 g/mol. The quantitative estimate of drug-likeness (QED) is 0.421. The van der Waals surface area contributed by atoms with Crippen molar-refractivity contribution in [2.24, 2.45) is 0 Å². The third-order valence-electron chi connectivity index (χ3n) is 3.60. The molecule has 0 spiro atoms. The summed E-state index contributed by atoms with van der Waals surface area (Å²) in [5, 5.41) is 0. The molecular formula is C18H10F3NO2S2. The lowest BCUT2D eigenvalue weighted by atomic mass is 10.1. The number of hydrogen-bond acceptors (Lipinski definition) is 4. The Morgan fingerprint density at radius 3 is 2.31 bits per heavy atom. The highest BCUT2D eigenvalue weighted by atomic mass is 32.2. The van der Waals surface area contributed by atoms with Gasteiger partial charge in [-0.1, -0.05) is 54.3 Å². The number of benzene rings is 2. The predicted octanol–water partition coefficient (Wildman–Crippen LogP) is 4.92. The van der Waals surface area contributed by atoms with Gasteiger partial charge < -0.3 is 0 Å². The van der Waals surface area contributed by atoms with Gasteiger partial charge in [0.05, 0.1) is 16.2 Å². The number of halogens is 3. The minimum Gasteiger partial charge on any atom is -0.298 e. The number of aldehydes is 1. The SMILES string of the molecule is O=Cc1ccc(/C=C2\SC(=S)N(c3cccc(C(F)(F)F)c3)C2=O)cc1. The molecule has 3 rings (SSSR count). The third kappa shape index (κ3) is 3.71. The van der Waals surface area contributed by atoms with E-state index in [1.165, 1.54) is 12.1 Å². The number of carbonyl (C=O) groups is 2. The molecule has 0 aliphatic carbocycles. The van der Waals surface area contributed by atoms with Crippen molar-refractivity contribution in [3.8, 4) is 0 Å². The van der Waals surface area contributed by atoms with Crippen molar-refractivity contribution in [1.82, 2.24) is 0 Å². The highest BCUT2D eigenvalue weighted by Gasteiger charge is 2.36. The Morgan fingerprint density at radius 1 is 1.04 bits per heavy atom. The molecule has 0 atom stereocenters. The molecular weight excluding hydrogens is 383 g/mol. The second kappa shape index (κ2) is 7.05. The van der Waals surface area contributed by atoms with E-state index in [0.717, 1.165) is 28.8 Å². The van der Waals surface area contributed by atoms with Gasteiger partial charge in [0, 0.05) is 5.56 Å². The Hall–Kier alpha value is -2.45. The Labute approximate surface area is 156 Å². The molecule has 2 aromatic carbocycles. The highest BCUT2D eigenvalue weighted by Crippen LogP contribution is 2.38. The lowest BCUT2D eigenvalue weighted by Gasteiger charge is -2.16. The number of nitrogens with zero attached hydrogens (tertiary/aromatic N) is 1. The molecule has 1 heterocycles. The fourth-order valence-corrected chi connectivity index (χ4v) is 3.63. The van der Waals surface area contributed by atoms with E-state index in [0.29, 0.717) is 22.3 Å². The fourth-order valence-electron chi connectivity index (χ4n) is 2.33. The molecule has 132 valence electrons. The Morgan fingerprint density at radius 2 is 1.69 bits per heavy atom. The van der Waals surface area contributed by atoms with E-state index < -0.39 is 17.6 Å². The number of thiocarbonyl (C=S) groups is 1. The van der Waals surface area contributed by atoms with Crippen LogP contribution in [0.2, 0.25) is 0 Å². The van der Waals surface area contributed by atoms with Gasteiger partial charge in [0.15, 0.2) is 4.32 Å². The van der Waals surface area contributed by atoms with Crippen LogP contribution in [0.1, 0.15) is 21.5 Å². The number of anilines is 1. The first-order valence-electron chi connectivity index (χ1n) is 7.30. The van der Waals surface area contributed by atoms with Gasteiger partial charge in [-0.25, -0.2) is 0 Å². The van der Waals surface area contributed by atoms with Gasteiger partial charge in [-0.05, 0) is 29.8 Å². The Balaban J connectivity index is 1.91. The fraction of sp³-hybridized carbons (Fsp3) is 0.0556. The van der Waals surface area contributed by atoms with Crippen LogP contribution in [0.25, 0.3) is 6.08 Å². The van der Waals surface area contributed by atoms with Crippen molar-refractivity contribution in [3.05, 3.63) is 70.1 Å². The van der Waals surface area contributed by atoms with Gasteiger partial charge >= 0.3 is 6.18 Å². The first kappa shape index (κ1) is 18.3. The molecule has 0 unspecified atom stereocenters. The molecule has 1 aliphatic rings. The van der Waals surface area contributed by atoms with Gasteiger partial charge in [0.2, 0.25) is 0 Å². The first-order chi connectivity index (χ1) is 12.3. The number of amides is 1. The maximum atomic E-state index is 12.9. The van der Waals surface area contributed by atoms with E-state index in [2.05, 4.69) is 0 Å². The largest absolute Gasteiger partial charge is 0.416 e. The maximum absolute atomic E-state index is 12.9. The second-order valence-corrected chi connectivity index (χ2v) is 7.03. The minimum atomic E-state index is -4.51. The summed E-state index contributed by atoms with van der Waals surface area (Å²) in [6, 6.07) is 11.0. The average molecular weight is 393 g/mol. The lowest BCUT2D eigenvalue weighted by Crippen LogP contribution is -2.27. The number of hydrogen-bond donors (Lipinski definition) is 0. The van der Waals surface area contributed by atoms with Crippen LogP contribution < -0.4 is 4.90 Å². The smallest absolute Gasteiger partial charge is 0.298 e. The molecule has 1 saturated heterocycles. The van der Waals surface area contributed by atoms with Crippen LogP contribution in [0.3, 0.4) is 0 Å². The summed E-state index contributed by atoms with van der Waals surface area (Å²) in [6.45, 7) is 0. The van der Waals surface area contributed by atoms with Crippen LogP contribution in [0.4, 0.5) is 18.9 Å². The third-order valence-corrected chi connectivity index (χ3v) is 4.90. The molecule has 0 saturated carbocycles. The van der Waals surface area contributed by atoms with Gasteiger partial charge in [0.25, 0.3) is 5.91 Å². The summed E-state index contributed by atoms with van der Waals surface area (Å²) >= 11 is 6.18. The van der Waals surface area contributed by atoms with Gasteiger partial charge in [-0.2, -0.15) is 13.2 Å². The normalized spacial score (nSPS) is 16.4. The number of carbonyl (C=O) groups excluding carboxylic acids is 2. The average Bonchev–Trinajstić information content (AvgIpc) is 2.88. The van der Waals surface area contributed by atoms with E-state index >= 15 is 0 Å². The summed E-state index contributed by atoms with van der Waals surface area (Å²) in [5.41, 5.74) is 0.401. The highest BCUT2D eigenvalue weighted by molar-refractivity contribution is 8.27. The van der Waals surface area contributed by atoms with Crippen molar-refractivity contribution in [3.63, 3.8) is 0 Å². The molecule has 0 bridgehead atoms. The summed E-state index contributed by atoms with van der Waals surface area (Å²) in [5.74, 6) is -0.487. The van der Waals surface area contributed by atoms with Crippen LogP contribution in [-0.4, -0.2) is 16.5 Å². The Kier molecular flexibility index (Phi) is 4.97. The number of alkyl halides is 3. The summed E-state index contributed by atoms with van der Waals surface area (Å²) in [6.07, 6.45) is -2.22. The van der Waals surface area contributed by atoms with E-state index in [9.17, 15) is 22.8 Å². The zero-order valence-electron chi connectivity index (χ0n) is 13.0. The molecule has 0 radical (unpaired) electrons. The summed E-state index contributed by atoms with van der Waals surface area (Å²) in [7, 11) is 0. The topological polar surface area (TPSA) is 37.4 Å². The molecule has 1 fully saturated rings. The molecule has 0 N–H and O–H groups in total. The summed E-state index contributed by atoms with van der Waals surface area (Å²) in [4.78, 5) is 24.7. The van der Waals surface area contributed by atoms with Crippen molar-refractivity contribution in [1.29, 1.82) is 0 Å². The molecule has 1 aliphatic heterocycles. The van der Waals surface area contributed by atoms with E-state index in [1.807, 2.05) is 0 Å². The molecule has 3 nitrogen and oxygen atoms in total. The van der Waals surface area contributed by atoms with Gasteiger partial charge in [-0.15, -0.1) is 0 Å². The van der Waals surface area contributed by atoms with E-state index in [-0.39, 0.29) is 10.0 Å². The van der Waals surface area contributed by atoms with Crippen molar-refractivity contribution in [2.75, 3.05) is 4.90 Å². The van der Waals surface area contributed by atoms with Crippen LogP contribution in [0.15, 0.2) is 53.4 Å². The second-order valence-electron chi connectivity index (χ2n) is 5.35. The van der Waals surface area contributed by atoms with Crippen LogP contribution in [0, 0.1) is 0 Å². The molecule has 1 amide bonds. The van der Waals surface area contributed by atoms with Crippen LogP contribution >= 0.6 is 24.0 Å². The van der Waals surface area contributed by atoms with Crippen molar-refractivity contribution < 1.29 is 22.8 Å². The summed E-state index contributed by atoms with van der Waals surface area (Å²) < 4.78 is 38.8. The zero-order chi connectivity index (χ0) is 18.9. The predicted molar refractivity (Wildman–Crippen MR) is 98.9 cm³/mol. The van der Waals surface area contributed by atoms with E-state index in [4.69, 9.17) is 12.2 Å². The first-order valence-corrected chi connectivity index (χ1v) is 8.52. The van der Waals surface area contributed by atoms with Gasteiger partial charge in [0.1, 0.15) is 6.29 Å². The molecule has 2 aromatic rings. The number of rotatable bonds is 3. The number of thioether (sulfide) groups is 1. The standard InChI is InChI=1S/C18H10F3NO2S2/c19-18(20,21)13-2-1-3-14(9-13)22-16(24)15(26-17(22)25)8-11-4-6-12(10-23)7-5-11/h1-10H/b15-8-. The molecule has 0 aromatic heterocycles. The molecule has 26 heavy (non-hydrogen) atoms. The maximum Gasteiger partial charge on any atom is 0.416 e. The van der Waals surface area contributed by atoms with Crippen molar-refractivity contribution in [2.45, 2.75) is 6.18 Å². The van der Waals surface area contributed by atoms with Gasteiger partial charge in [-0.3, -0.25) is 14.5 Å². The molecule has 8 heteroatoms.